The number of nitrogens with zero attached hydrogens (tertiary/aromatic N) is 2. The Kier molecular flexibility index (Phi) is 2.84. The molecule has 6 nitrogen and oxygen atoms in total. The highest BCUT2D eigenvalue weighted by molar-refractivity contribution is 5.73. The van der Waals surface area contributed by atoms with Crippen molar-refractivity contribution in [3.63, 3.8) is 0 Å². The molecule has 1 fully saturated rings. The molecule has 1 saturated carbocycles. The van der Waals surface area contributed by atoms with Gasteiger partial charge in [-0.1, -0.05) is 13.8 Å². The molecular weight excluding hydrogens is 258 g/mol. The van der Waals surface area contributed by atoms with E-state index >= 15 is 0 Å². The van der Waals surface area contributed by atoms with Gasteiger partial charge < -0.3 is 10.4 Å². The molecule has 1 atom stereocenters. The predicted molar refractivity (Wildman–Crippen MR) is 74.1 cm³/mol. The molecule has 1 aromatic rings. The van der Waals surface area contributed by atoms with Gasteiger partial charge in [-0.05, 0) is 25.7 Å². The van der Waals surface area contributed by atoms with Crippen LogP contribution in [0.5, 0.6) is 0 Å². The summed E-state index contributed by atoms with van der Waals surface area (Å²) in [4.78, 5) is 28.1. The first kappa shape index (κ1) is 13.1. The second-order valence-electron chi connectivity index (χ2n) is 6.38. The summed E-state index contributed by atoms with van der Waals surface area (Å²) in [5.74, 6) is -0.679. The van der Waals surface area contributed by atoms with Crippen LogP contribution < -0.4 is 10.9 Å². The van der Waals surface area contributed by atoms with Crippen molar-refractivity contribution in [1.29, 1.82) is 0 Å². The van der Waals surface area contributed by atoms with E-state index in [2.05, 4.69) is 10.3 Å². The topological polar surface area (TPSA) is 84.2 Å². The Morgan fingerprint density at radius 3 is 2.75 bits per heavy atom. The maximum absolute atomic E-state index is 12.5. The van der Waals surface area contributed by atoms with Gasteiger partial charge in [0.1, 0.15) is 6.04 Å². The lowest BCUT2D eigenvalue weighted by Crippen LogP contribution is -2.35. The number of carboxylic acid groups (broad SMARTS) is 1. The summed E-state index contributed by atoms with van der Waals surface area (Å²) in [5.41, 5.74) is 0.0472. The minimum absolute atomic E-state index is 0.280. The predicted octanol–water partition coefficient (Wildman–Crippen LogP) is 1.51. The number of hydrogen-bond donors (Lipinski definition) is 2. The van der Waals surface area contributed by atoms with E-state index in [1.165, 1.54) is 4.57 Å². The zero-order valence-corrected chi connectivity index (χ0v) is 11.7. The minimum atomic E-state index is -0.959. The molecule has 0 aromatic carbocycles. The molecule has 0 bridgehead atoms. The Morgan fingerprint density at radius 2 is 2.20 bits per heavy atom. The van der Waals surface area contributed by atoms with E-state index in [1.54, 1.807) is 6.20 Å². The van der Waals surface area contributed by atoms with Crippen molar-refractivity contribution in [3.8, 4) is 0 Å². The lowest BCUT2D eigenvalue weighted by Gasteiger charge is -2.27. The van der Waals surface area contributed by atoms with Crippen LogP contribution in [0.2, 0.25) is 0 Å². The van der Waals surface area contributed by atoms with Crippen molar-refractivity contribution in [2.24, 2.45) is 0 Å². The molecule has 0 radical (unpaired) electrons. The molecule has 0 amide bonds. The fourth-order valence-electron chi connectivity index (χ4n) is 3.00. The summed E-state index contributed by atoms with van der Waals surface area (Å²) in [7, 11) is 0. The summed E-state index contributed by atoms with van der Waals surface area (Å²) in [5, 5.41) is 12.5. The quantitative estimate of drug-likeness (QED) is 0.875. The average molecular weight is 277 g/mol. The van der Waals surface area contributed by atoms with Crippen LogP contribution in [-0.2, 0) is 10.2 Å². The minimum Gasteiger partial charge on any atom is -0.480 e. The maximum atomic E-state index is 12.5. The van der Waals surface area contributed by atoms with E-state index in [0.717, 1.165) is 19.3 Å². The Balaban J connectivity index is 2.05. The van der Waals surface area contributed by atoms with Gasteiger partial charge in [-0.15, -0.1) is 0 Å². The van der Waals surface area contributed by atoms with Crippen LogP contribution in [0.3, 0.4) is 0 Å². The molecule has 0 saturated heterocycles. The fourth-order valence-corrected chi connectivity index (χ4v) is 3.00. The molecule has 1 unspecified atom stereocenters. The second kappa shape index (κ2) is 4.33. The van der Waals surface area contributed by atoms with Gasteiger partial charge in [0.25, 0.3) is 5.56 Å². The summed E-state index contributed by atoms with van der Waals surface area (Å²) in [6.07, 6.45) is 5.31. The number of carbonyl (C=O) groups is 1. The molecule has 6 heteroatoms. The first-order valence-electron chi connectivity index (χ1n) is 7.01. The van der Waals surface area contributed by atoms with Gasteiger partial charge in [0, 0.05) is 23.3 Å². The smallest absolute Gasteiger partial charge is 0.326 e. The van der Waals surface area contributed by atoms with Crippen molar-refractivity contribution in [3.05, 3.63) is 22.2 Å². The highest BCUT2D eigenvalue weighted by Crippen LogP contribution is 2.39. The number of aromatic nitrogens is 2. The van der Waals surface area contributed by atoms with Crippen molar-refractivity contribution < 1.29 is 9.90 Å². The molecule has 2 N–H and O–H groups in total. The monoisotopic (exact) mass is 277 g/mol. The van der Waals surface area contributed by atoms with Crippen LogP contribution in [0.15, 0.2) is 11.0 Å². The van der Waals surface area contributed by atoms with Crippen molar-refractivity contribution in [2.75, 3.05) is 5.32 Å². The Morgan fingerprint density at radius 1 is 1.50 bits per heavy atom. The van der Waals surface area contributed by atoms with E-state index in [4.69, 9.17) is 0 Å². The second-order valence-corrected chi connectivity index (χ2v) is 6.38. The van der Waals surface area contributed by atoms with Crippen molar-refractivity contribution in [1.82, 2.24) is 9.55 Å². The van der Waals surface area contributed by atoms with Gasteiger partial charge in [0.2, 0.25) is 0 Å². The number of carboxylic acids is 1. The number of aliphatic carboxylic acids is 1. The molecule has 108 valence electrons. The molecular formula is C14H19N3O3. The summed E-state index contributed by atoms with van der Waals surface area (Å²) < 4.78 is 1.40. The number of nitrogens with one attached hydrogen (secondary N) is 1. The maximum Gasteiger partial charge on any atom is 0.326 e. The molecule has 1 aromatic heterocycles. The van der Waals surface area contributed by atoms with Crippen LogP contribution in [0, 0.1) is 0 Å². The van der Waals surface area contributed by atoms with Crippen LogP contribution in [0.1, 0.15) is 51.3 Å². The first-order valence-corrected chi connectivity index (χ1v) is 7.01. The van der Waals surface area contributed by atoms with E-state index < -0.39 is 12.0 Å². The Bertz CT molecular complexity index is 617. The van der Waals surface area contributed by atoms with E-state index in [1.807, 2.05) is 13.8 Å². The molecule has 1 aliphatic carbocycles. The van der Waals surface area contributed by atoms with E-state index in [0.29, 0.717) is 18.2 Å². The third-order valence-corrected chi connectivity index (χ3v) is 4.44. The number of hydrogen-bond acceptors (Lipinski definition) is 4. The Labute approximate surface area is 116 Å². The van der Waals surface area contributed by atoms with Crippen LogP contribution >= 0.6 is 0 Å². The number of rotatable bonds is 3. The zero-order chi connectivity index (χ0) is 14.5. The molecule has 2 heterocycles. The van der Waals surface area contributed by atoms with Crippen molar-refractivity contribution >= 4 is 11.8 Å². The van der Waals surface area contributed by atoms with Gasteiger partial charge in [0.15, 0.2) is 5.82 Å². The van der Waals surface area contributed by atoms with Gasteiger partial charge in [-0.2, -0.15) is 0 Å². The molecule has 1 aliphatic heterocycles. The molecule has 0 spiro atoms. The van der Waals surface area contributed by atoms with E-state index in [-0.39, 0.29) is 16.8 Å². The summed E-state index contributed by atoms with van der Waals surface area (Å²) in [6.45, 7) is 3.89. The normalized spacial score (nSPS) is 24.0. The van der Waals surface area contributed by atoms with Crippen molar-refractivity contribution in [2.45, 2.75) is 57.0 Å². The highest BCUT2D eigenvalue weighted by atomic mass is 16.4. The third kappa shape index (κ3) is 1.90. The fraction of sp³-hybridized carbons (Fsp3) is 0.643. The lowest BCUT2D eigenvalue weighted by molar-refractivity contribution is -0.140. The first-order chi connectivity index (χ1) is 9.40. The number of fused-ring (bicyclic) bond motifs is 1. The Hall–Kier alpha value is -1.85. The molecule has 3 rings (SSSR count). The lowest BCUT2D eigenvalue weighted by atomic mass is 9.87. The summed E-state index contributed by atoms with van der Waals surface area (Å²) >= 11 is 0. The van der Waals surface area contributed by atoms with Crippen LogP contribution in [0.4, 0.5) is 5.82 Å². The van der Waals surface area contributed by atoms with Crippen LogP contribution in [0.25, 0.3) is 0 Å². The average Bonchev–Trinajstić information content (AvgIpc) is 2.59. The van der Waals surface area contributed by atoms with Gasteiger partial charge in [-0.3, -0.25) is 9.36 Å². The van der Waals surface area contributed by atoms with Gasteiger partial charge in [0.05, 0.1) is 0 Å². The molecule has 20 heavy (non-hydrogen) atoms. The third-order valence-electron chi connectivity index (χ3n) is 4.44. The molecule has 2 aliphatic rings. The van der Waals surface area contributed by atoms with Crippen LogP contribution in [-0.4, -0.2) is 26.7 Å². The highest BCUT2D eigenvalue weighted by Gasteiger charge is 2.42. The SMILES string of the molecule is CC1(C)CC(C(=O)O)n2c1cnc(NC1CCC1)c2=O. The summed E-state index contributed by atoms with van der Waals surface area (Å²) in [6, 6.07) is -0.496. The zero-order valence-electron chi connectivity index (χ0n) is 11.7. The standard InChI is InChI=1S/C14H19N3O3/c1-14(2)6-9(13(19)20)17-10(14)7-15-11(12(17)18)16-8-4-3-5-8/h7-9H,3-6H2,1-2H3,(H,15,16)(H,19,20). The van der Waals surface area contributed by atoms with E-state index in [9.17, 15) is 14.7 Å². The largest absolute Gasteiger partial charge is 0.480 e. The van der Waals surface area contributed by atoms with Gasteiger partial charge >= 0.3 is 5.97 Å². The number of anilines is 1. The van der Waals surface area contributed by atoms with Gasteiger partial charge in [-0.25, -0.2) is 9.78 Å².